The van der Waals surface area contributed by atoms with Gasteiger partial charge >= 0.3 is 12.2 Å². The van der Waals surface area contributed by atoms with Crippen molar-refractivity contribution in [3.05, 3.63) is 41.0 Å². The Labute approximate surface area is 169 Å². The number of anilines is 1. The summed E-state index contributed by atoms with van der Waals surface area (Å²) in [6, 6.07) is 1.23. The first-order chi connectivity index (χ1) is 14.0. The standard InChI is InChI=1S/C18H20F4N6O2/c1-9-6-12(4-5-13(9)19)24-17(30)27-8-14-15(25-26-28(14)7-10(27)2)16(29)23-11(3)18(20,21)22/h4-6,10-11H,7-8H2,1-3H3,(H,23,29)(H,24,30)/t10-,11+/m0/s1. The summed E-state index contributed by atoms with van der Waals surface area (Å²) in [6.45, 7) is 4.27. The zero-order valence-electron chi connectivity index (χ0n) is 16.4. The minimum Gasteiger partial charge on any atom is -0.339 e. The van der Waals surface area contributed by atoms with Gasteiger partial charge in [0, 0.05) is 5.69 Å². The Morgan fingerprint density at radius 2 is 2.00 bits per heavy atom. The van der Waals surface area contributed by atoms with E-state index in [1.54, 1.807) is 13.8 Å². The molecule has 162 valence electrons. The van der Waals surface area contributed by atoms with E-state index in [-0.39, 0.29) is 30.5 Å². The summed E-state index contributed by atoms with van der Waals surface area (Å²) in [5, 5.41) is 12.0. The van der Waals surface area contributed by atoms with Gasteiger partial charge in [-0.1, -0.05) is 5.21 Å². The summed E-state index contributed by atoms with van der Waals surface area (Å²) in [5.74, 6) is -1.43. The van der Waals surface area contributed by atoms with Gasteiger partial charge in [0.1, 0.15) is 11.9 Å². The average molecular weight is 428 g/mol. The molecule has 3 amide bonds. The highest BCUT2D eigenvalue weighted by Crippen LogP contribution is 2.23. The molecule has 3 rings (SSSR count). The molecule has 0 saturated heterocycles. The van der Waals surface area contributed by atoms with Crippen molar-refractivity contribution >= 4 is 17.6 Å². The third-order valence-corrected chi connectivity index (χ3v) is 4.85. The lowest BCUT2D eigenvalue weighted by Crippen LogP contribution is -2.48. The number of hydrogen-bond acceptors (Lipinski definition) is 4. The molecule has 8 nitrogen and oxygen atoms in total. The number of rotatable bonds is 3. The van der Waals surface area contributed by atoms with Crippen LogP contribution in [0.25, 0.3) is 0 Å². The van der Waals surface area contributed by atoms with E-state index in [0.29, 0.717) is 11.3 Å². The molecule has 2 heterocycles. The lowest BCUT2D eigenvalue weighted by Gasteiger charge is -2.33. The average Bonchev–Trinajstić information content (AvgIpc) is 3.05. The van der Waals surface area contributed by atoms with Gasteiger partial charge in [0.15, 0.2) is 5.69 Å². The molecular formula is C18H20F4N6O2. The number of aromatic nitrogens is 3. The molecule has 1 aromatic carbocycles. The normalized spacial score (nSPS) is 17.3. The van der Waals surface area contributed by atoms with E-state index in [1.807, 2.05) is 5.32 Å². The minimum absolute atomic E-state index is 0.0800. The van der Waals surface area contributed by atoms with Crippen LogP contribution >= 0.6 is 0 Å². The van der Waals surface area contributed by atoms with E-state index in [2.05, 4.69) is 15.6 Å². The topological polar surface area (TPSA) is 92.2 Å². The molecule has 1 aliphatic rings. The molecule has 0 radical (unpaired) electrons. The van der Waals surface area contributed by atoms with Crippen LogP contribution < -0.4 is 10.6 Å². The first-order valence-electron chi connectivity index (χ1n) is 9.11. The molecule has 2 aromatic rings. The Balaban J connectivity index is 1.77. The van der Waals surface area contributed by atoms with Crippen LogP contribution in [-0.2, 0) is 13.1 Å². The minimum atomic E-state index is -4.60. The van der Waals surface area contributed by atoms with Crippen LogP contribution in [-0.4, -0.2) is 50.1 Å². The molecule has 2 N–H and O–H groups in total. The maximum absolute atomic E-state index is 13.4. The highest BCUT2D eigenvalue weighted by Gasteiger charge is 2.39. The van der Waals surface area contributed by atoms with Crippen LogP contribution in [0.1, 0.15) is 35.6 Å². The molecule has 12 heteroatoms. The second-order valence-corrected chi connectivity index (χ2v) is 7.17. The lowest BCUT2D eigenvalue weighted by molar-refractivity contribution is -0.149. The van der Waals surface area contributed by atoms with Gasteiger partial charge in [0.05, 0.1) is 24.8 Å². The monoisotopic (exact) mass is 428 g/mol. The number of alkyl halides is 3. The molecule has 1 aromatic heterocycles. The van der Waals surface area contributed by atoms with Crippen molar-refractivity contribution in [2.24, 2.45) is 0 Å². The lowest BCUT2D eigenvalue weighted by atomic mass is 10.1. The fourth-order valence-corrected chi connectivity index (χ4v) is 3.01. The zero-order valence-corrected chi connectivity index (χ0v) is 16.4. The van der Waals surface area contributed by atoms with Crippen molar-refractivity contribution in [3.8, 4) is 0 Å². The number of fused-ring (bicyclic) bond motifs is 1. The van der Waals surface area contributed by atoms with Crippen LogP contribution in [0, 0.1) is 12.7 Å². The van der Waals surface area contributed by atoms with E-state index >= 15 is 0 Å². The van der Waals surface area contributed by atoms with Gasteiger partial charge in [-0.15, -0.1) is 5.10 Å². The fraction of sp³-hybridized carbons (Fsp3) is 0.444. The third kappa shape index (κ3) is 4.36. The zero-order chi connectivity index (χ0) is 22.2. The highest BCUT2D eigenvalue weighted by molar-refractivity contribution is 5.94. The Morgan fingerprint density at radius 1 is 1.30 bits per heavy atom. The molecule has 30 heavy (non-hydrogen) atoms. The smallest absolute Gasteiger partial charge is 0.339 e. The number of nitrogens with zero attached hydrogens (tertiary/aromatic N) is 4. The molecule has 0 bridgehead atoms. The number of urea groups is 1. The first-order valence-corrected chi connectivity index (χ1v) is 9.11. The number of nitrogens with one attached hydrogen (secondary N) is 2. The van der Waals surface area contributed by atoms with Crippen LogP contribution in [0.15, 0.2) is 18.2 Å². The van der Waals surface area contributed by atoms with Gasteiger partial charge < -0.3 is 15.5 Å². The predicted molar refractivity (Wildman–Crippen MR) is 98.2 cm³/mol. The first kappa shape index (κ1) is 21.5. The molecule has 1 aliphatic heterocycles. The number of amides is 3. The van der Waals surface area contributed by atoms with Gasteiger partial charge in [0.2, 0.25) is 0 Å². The van der Waals surface area contributed by atoms with Crippen molar-refractivity contribution in [2.75, 3.05) is 5.32 Å². The van der Waals surface area contributed by atoms with Gasteiger partial charge in [-0.3, -0.25) is 4.79 Å². The Morgan fingerprint density at radius 3 is 2.63 bits per heavy atom. The van der Waals surface area contributed by atoms with E-state index in [4.69, 9.17) is 0 Å². The SMILES string of the molecule is Cc1cc(NC(=O)N2Cc3c(C(=O)N[C@H](C)C(F)(F)F)nnn3C[C@@H]2C)ccc1F. The second-order valence-electron chi connectivity index (χ2n) is 7.17. The molecule has 0 spiro atoms. The van der Waals surface area contributed by atoms with Crippen molar-refractivity contribution < 1.29 is 27.2 Å². The number of carbonyl (C=O) groups excluding carboxylic acids is 2. The summed E-state index contributed by atoms with van der Waals surface area (Å²) < 4.78 is 53.0. The molecular weight excluding hydrogens is 408 g/mol. The van der Waals surface area contributed by atoms with Gasteiger partial charge in [-0.2, -0.15) is 13.2 Å². The summed E-state index contributed by atoms with van der Waals surface area (Å²) in [6.07, 6.45) is -4.60. The van der Waals surface area contributed by atoms with Crippen LogP contribution in [0.2, 0.25) is 0 Å². The highest BCUT2D eigenvalue weighted by atomic mass is 19.4. The predicted octanol–water partition coefficient (Wildman–Crippen LogP) is 2.84. The van der Waals surface area contributed by atoms with Crippen molar-refractivity contribution in [3.63, 3.8) is 0 Å². The van der Waals surface area contributed by atoms with E-state index in [0.717, 1.165) is 6.92 Å². The van der Waals surface area contributed by atoms with E-state index < -0.39 is 30.0 Å². The number of benzene rings is 1. The Kier molecular flexibility index (Phi) is 5.68. The van der Waals surface area contributed by atoms with Gasteiger partial charge in [0.25, 0.3) is 5.91 Å². The van der Waals surface area contributed by atoms with Crippen molar-refractivity contribution in [1.29, 1.82) is 0 Å². The molecule has 0 unspecified atom stereocenters. The van der Waals surface area contributed by atoms with E-state index in [1.165, 1.54) is 27.8 Å². The van der Waals surface area contributed by atoms with Crippen molar-refractivity contribution in [1.82, 2.24) is 25.2 Å². The Bertz CT molecular complexity index is 974. The van der Waals surface area contributed by atoms with Crippen molar-refractivity contribution in [2.45, 2.75) is 52.1 Å². The molecule has 0 fully saturated rings. The van der Waals surface area contributed by atoms with Crippen LogP contribution in [0.3, 0.4) is 0 Å². The number of halogens is 4. The van der Waals surface area contributed by atoms with Gasteiger partial charge in [-0.25, -0.2) is 13.9 Å². The fourth-order valence-electron chi connectivity index (χ4n) is 3.01. The molecule has 0 aliphatic carbocycles. The third-order valence-electron chi connectivity index (χ3n) is 4.85. The number of carbonyl (C=O) groups is 2. The number of aryl methyl sites for hydroxylation is 1. The number of hydrogen-bond donors (Lipinski definition) is 2. The summed E-state index contributed by atoms with van der Waals surface area (Å²) >= 11 is 0. The largest absolute Gasteiger partial charge is 0.408 e. The summed E-state index contributed by atoms with van der Waals surface area (Å²) in [5.41, 5.74) is 0.707. The molecule has 0 saturated carbocycles. The summed E-state index contributed by atoms with van der Waals surface area (Å²) in [4.78, 5) is 26.4. The Hall–Kier alpha value is -3.18. The summed E-state index contributed by atoms with van der Waals surface area (Å²) in [7, 11) is 0. The maximum Gasteiger partial charge on any atom is 0.408 e. The quantitative estimate of drug-likeness (QED) is 0.736. The van der Waals surface area contributed by atoms with Gasteiger partial charge in [-0.05, 0) is 44.5 Å². The second kappa shape index (κ2) is 7.92. The van der Waals surface area contributed by atoms with Crippen LogP contribution in [0.4, 0.5) is 28.0 Å². The maximum atomic E-state index is 13.4. The van der Waals surface area contributed by atoms with E-state index in [9.17, 15) is 27.2 Å². The van der Waals surface area contributed by atoms with Crippen LogP contribution in [0.5, 0.6) is 0 Å². The molecule has 2 atom stereocenters.